The molecule has 0 aromatic carbocycles. The molecule has 1 atom stereocenters. The Morgan fingerprint density at radius 1 is 1.38 bits per heavy atom. The molecule has 0 bridgehead atoms. The van der Waals surface area contributed by atoms with Gasteiger partial charge in [0.1, 0.15) is 0 Å². The summed E-state index contributed by atoms with van der Waals surface area (Å²) in [6.45, 7) is 4.18. The Hall–Kier alpha value is -0.130. The third kappa shape index (κ3) is 2.76. The Kier molecular flexibility index (Phi) is 3.87. The van der Waals surface area contributed by atoms with Crippen molar-refractivity contribution < 1.29 is 8.42 Å². The molecule has 1 unspecified atom stereocenters. The van der Waals surface area contributed by atoms with Crippen molar-refractivity contribution in [3.63, 3.8) is 0 Å². The number of hydrogen-bond acceptors (Lipinski definition) is 3. The molecule has 1 aliphatic carbocycles. The number of nitrogens with one attached hydrogen (secondary N) is 1. The van der Waals surface area contributed by atoms with Crippen LogP contribution in [0.5, 0.6) is 0 Å². The minimum atomic E-state index is -3.01. The van der Waals surface area contributed by atoms with Crippen LogP contribution in [0.1, 0.15) is 32.6 Å². The molecular formula is C11H22N2O2S. The fraction of sp³-hybridized carbons (Fsp3) is 1.00. The summed E-state index contributed by atoms with van der Waals surface area (Å²) in [5, 5.41) is 3.22. The summed E-state index contributed by atoms with van der Waals surface area (Å²) in [5.41, 5.74) is 0. The average molecular weight is 246 g/mol. The van der Waals surface area contributed by atoms with Crippen LogP contribution in [0, 0.1) is 5.92 Å². The molecule has 0 aromatic heterocycles. The Labute approximate surface area is 98.4 Å². The molecule has 1 aliphatic heterocycles. The lowest BCUT2D eigenvalue weighted by atomic mass is 9.84. The molecule has 0 aromatic rings. The Balaban J connectivity index is 1.88. The quantitative estimate of drug-likeness (QED) is 0.798. The highest BCUT2D eigenvalue weighted by Crippen LogP contribution is 2.30. The Morgan fingerprint density at radius 2 is 2.12 bits per heavy atom. The van der Waals surface area contributed by atoms with E-state index >= 15 is 0 Å². The molecule has 1 saturated carbocycles. The van der Waals surface area contributed by atoms with Crippen molar-refractivity contribution in [1.82, 2.24) is 9.62 Å². The smallest absolute Gasteiger partial charge is 0.214 e. The van der Waals surface area contributed by atoms with E-state index < -0.39 is 10.0 Å². The zero-order chi connectivity index (χ0) is 11.6. The summed E-state index contributed by atoms with van der Waals surface area (Å²) in [6, 6.07) is 0.111. The van der Waals surface area contributed by atoms with Gasteiger partial charge in [-0.05, 0) is 19.3 Å². The van der Waals surface area contributed by atoms with E-state index in [1.807, 2.05) is 6.92 Å². The lowest BCUT2D eigenvalue weighted by Crippen LogP contribution is -2.52. The van der Waals surface area contributed by atoms with Gasteiger partial charge in [-0.25, -0.2) is 8.42 Å². The molecule has 5 heteroatoms. The number of sulfonamides is 1. The third-order valence-electron chi connectivity index (χ3n) is 3.81. The van der Waals surface area contributed by atoms with Crippen molar-refractivity contribution in [2.24, 2.45) is 5.92 Å². The number of hydrogen-bond donors (Lipinski definition) is 1. The second-order valence-corrected chi connectivity index (χ2v) is 7.11. The molecule has 2 fully saturated rings. The van der Waals surface area contributed by atoms with Gasteiger partial charge < -0.3 is 5.32 Å². The molecule has 0 amide bonds. The van der Waals surface area contributed by atoms with Gasteiger partial charge in [0.2, 0.25) is 10.0 Å². The predicted molar refractivity (Wildman–Crippen MR) is 64.8 cm³/mol. The highest BCUT2D eigenvalue weighted by Gasteiger charge is 2.30. The van der Waals surface area contributed by atoms with E-state index in [0.29, 0.717) is 18.2 Å². The SMILES string of the molecule is CC1CNCCN1S(=O)(=O)CCC1CCC1. The highest BCUT2D eigenvalue weighted by atomic mass is 32.2. The van der Waals surface area contributed by atoms with Crippen LogP contribution in [0.2, 0.25) is 0 Å². The Bertz CT molecular complexity index is 325. The molecule has 1 saturated heterocycles. The normalized spacial score (nSPS) is 28.9. The molecule has 1 heterocycles. The van der Waals surface area contributed by atoms with Crippen LogP contribution < -0.4 is 5.32 Å². The molecule has 94 valence electrons. The number of rotatable bonds is 4. The van der Waals surface area contributed by atoms with E-state index in [9.17, 15) is 8.42 Å². The zero-order valence-electron chi connectivity index (χ0n) is 9.98. The van der Waals surface area contributed by atoms with Crippen LogP contribution in [0.25, 0.3) is 0 Å². The molecule has 1 N–H and O–H groups in total. The van der Waals surface area contributed by atoms with Crippen LogP contribution >= 0.6 is 0 Å². The third-order valence-corrected chi connectivity index (χ3v) is 5.82. The monoisotopic (exact) mass is 246 g/mol. The van der Waals surface area contributed by atoms with Crippen molar-refractivity contribution in [3.8, 4) is 0 Å². The first kappa shape index (κ1) is 12.3. The second kappa shape index (κ2) is 5.02. The first-order chi connectivity index (χ1) is 7.59. The first-order valence-electron chi connectivity index (χ1n) is 6.30. The fourth-order valence-electron chi connectivity index (χ4n) is 2.45. The summed E-state index contributed by atoms with van der Waals surface area (Å²) in [4.78, 5) is 0. The van der Waals surface area contributed by atoms with Crippen LogP contribution in [0.4, 0.5) is 0 Å². The van der Waals surface area contributed by atoms with Gasteiger partial charge in [-0.1, -0.05) is 19.3 Å². The van der Waals surface area contributed by atoms with E-state index in [0.717, 1.165) is 19.5 Å². The summed E-state index contributed by atoms with van der Waals surface area (Å²) >= 11 is 0. The van der Waals surface area contributed by atoms with Gasteiger partial charge in [0.05, 0.1) is 5.75 Å². The lowest BCUT2D eigenvalue weighted by Gasteiger charge is -2.34. The number of nitrogens with zero attached hydrogens (tertiary/aromatic N) is 1. The molecule has 2 aliphatic rings. The van der Waals surface area contributed by atoms with Crippen LogP contribution in [-0.2, 0) is 10.0 Å². The average Bonchev–Trinajstić information content (AvgIpc) is 2.15. The topological polar surface area (TPSA) is 49.4 Å². The summed E-state index contributed by atoms with van der Waals surface area (Å²) in [6.07, 6.45) is 4.60. The molecule has 16 heavy (non-hydrogen) atoms. The van der Waals surface area contributed by atoms with E-state index in [2.05, 4.69) is 5.32 Å². The van der Waals surface area contributed by atoms with Gasteiger partial charge in [0.15, 0.2) is 0 Å². The first-order valence-corrected chi connectivity index (χ1v) is 7.91. The van der Waals surface area contributed by atoms with Gasteiger partial charge >= 0.3 is 0 Å². The lowest BCUT2D eigenvalue weighted by molar-refractivity contribution is 0.276. The van der Waals surface area contributed by atoms with Crippen molar-refractivity contribution in [3.05, 3.63) is 0 Å². The molecular weight excluding hydrogens is 224 g/mol. The van der Waals surface area contributed by atoms with E-state index in [-0.39, 0.29) is 6.04 Å². The second-order valence-electron chi connectivity index (χ2n) is 5.07. The van der Waals surface area contributed by atoms with Crippen molar-refractivity contribution in [2.45, 2.75) is 38.6 Å². The van der Waals surface area contributed by atoms with Crippen molar-refractivity contribution in [2.75, 3.05) is 25.4 Å². The molecule has 0 radical (unpaired) electrons. The van der Waals surface area contributed by atoms with Gasteiger partial charge in [0.25, 0.3) is 0 Å². The highest BCUT2D eigenvalue weighted by molar-refractivity contribution is 7.89. The van der Waals surface area contributed by atoms with Crippen LogP contribution in [0.3, 0.4) is 0 Å². The van der Waals surface area contributed by atoms with Gasteiger partial charge in [0, 0.05) is 25.7 Å². The maximum atomic E-state index is 12.1. The summed E-state index contributed by atoms with van der Waals surface area (Å²) < 4.78 is 26.0. The summed E-state index contributed by atoms with van der Waals surface area (Å²) in [7, 11) is -3.01. The standard InChI is InChI=1S/C11H22N2O2S/c1-10-9-12-6-7-13(10)16(14,15)8-5-11-3-2-4-11/h10-12H,2-9H2,1H3. The van der Waals surface area contributed by atoms with Gasteiger partial charge in [-0.2, -0.15) is 4.31 Å². The summed E-state index contributed by atoms with van der Waals surface area (Å²) in [5.74, 6) is 1.02. The van der Waals surface area contributed by atoms with E-state index in [1.54, 1.807) is 4.31 Å². The number of piperazine rings is 1. The molecule has 2 rings (SSSR count). The predicted octanol–water partition coefficient (Wildman–Crippen LogP) is 0.800. The van der Waals surface area contributed by atoms with Crippen LogP contribution in [-0.4, -0.2) is 44.2 Å². The van der Waals surface area contributed by atoms with Crippen molar-refractivity contribution in [1.29, 1.82) is 0 Å². The van der Waals surface area contributed by atoms with Crippen LogP contribution in [0.15, 0.2) is 0 Å². The zero-order valence-corrected chi connectivity index (χ0v) is 10.8. The van der Waals surface area contributed by atoms with Crippen molar-refractivity contribution >= 4 is 10.0 Å². The van der Waals surface area contributed by atoms with E-state index in [4.69, 9.17) is 0 Å². The minimum absolute atomic E-state index is 0.111. The van der Waals surface area contributed by atoms with Gasteiger partial charge in [-0.15, -0.1) is 0 Å². The fourth-order valence-corrected chi connectivity index (χ4v) is 4.31. The Morgan fingerprint density at radius 3 is 2.69 bits per heavy atom. The minimum Gasteiger partial charge on any atom is -0.314 e. The maximum Gasteiger partial charge on any atom is 0.214 e. The maximum absolute atomic E-state index is 12.1. The molecule has 4 nitrogen and oxygen atoms in total. The molecule has 0 spiro atoms. The van der Waals surface area contributed by atoms with Gasteiger partial charge in [-0.3, -0.25) is 0 Å². The van der Waals surface area contributed by atoms with E-state index in [1.165, 1.54) is 19.3 Å². The largest absolute Gasteiger partial charge is 0.314 e.